The lowest BCUT2D eigenvalue weighted by Crippen LogP contribution is -2.19. The van der Waals surface area contributed by atoms with Gasteiger partial charge in [0.2, 0.25) is 0 Å². The summed E-state index contributed by atoms with van der Waals surface area (Å²) in [5.41, 5.74) is 3.26. The van der Waals surface area contributed by atoms with Crippen molar-refractivity contribution in [3.8, 4) is 5.75 Å². The smallest absolute Gasteiger partial charge is 0.122 e. The molecule has 1 aromatic rings. The van der Waals surface area contributed by atoms with Gasteiger partial charge in [0.05, 0.1) is 6.61 Å². The second-order valence-corrected chi connectivity index (χ2v) is 5.67. The third-order valence-corrected chi connectivity index (χ3v) is 3.82. The predicted molar refractivity (Wildman–Crippen MR) is 64.7 cm³/mol. The van der Waals surface area contributed by atoms with E-state index in [9.17, 15) is 0 Å². The van der Waals surface area contributed by atoms with Crippen LogP contribution < -0.4 is 10.1 Å². The quantitative estimate of drug-likeness (QED) is 0.840. The number of rotatable bonds is 3. The molecule has 2 nitrogen and oxygen atoms in total. The van der Waals surface area contributed by atoms with E-state index in [1.807, 2.05) is 0 Å². The number of fused-ring (bicyclic) bond motifs is 1. The fourth-order valence-electron chi connectivity index (χ4n) is 2.41. The van der Waals surface area contributed by atoms with Crippen molar-refractivity contribution in [3.05, 3.63) is 29.3 Å². The van der Waals surface area contributed by atoms with Gasteiger partial charge in [-0.2, -0.15) is 0 Å². The average Bonchev–Trinajstić information content (AvgIpc) is 2.69. The zero-order valence-electron chi connectivity index (χ0n) is 10.0. The highest BCUT2D eigenvalue weighted by Crippen LogP contribution is 2.44. The van der Waals surface area contributed by atoms with Gasteiger partial charge in [-0.1, -0.05) is 26.0 Å². The van der Waals surface area contributed by atoms with Gasteiger partial charge in [0.15, 0.2) is 0 Å². The first-order chi connectivity index (χ1) is 7.65. The molecule has 1 aliphatic carbocycles. The van der Waals surface area contributed by atoms with Gasteiger partial charge in [-0.3, -0.25) is 0 Å². The molecule has 3 rings (SSSR count). The molecule has 1 N–H and O–H groups in total. The summed E-state index contributed by atoms with van der Waals surface area (Å²) in [6.45, 7) is 6.48. The molecular formula is C14H19NO. The van der Waals surface area contributed by atoms with Gasteiger partial charge in [-0.05, 0) is 29.0 Å². The third kappa shape index (κ3) is 1.82. The summed E-state index contributed by atoms with van der Waals surface area (Å²) in [5, 5.41) is 3.61. The van der Waals surface area contributed by atoms with Crippen molar-refractivity contribution in [2.45, 2.75) is 39.3 Å². The van der Waals surface area contributed by atoms with Crippen LogP contribution in [0.25, 0.3) is 0 Å². The van der Waals surface area contributed by atoms with Crippen LogP contribution in [0.3, 0.4) is 0 Å². The Morgan fingerprint density at radius 2 is 2.25 bits per heavy atom. The molecule has 1 fully saturated rings. The van der Waals surface area contributed by atoms with E-state index < -0.39 is 0 Å². The zero-order valence-corrected chi connectivity index (χ0v) is 10.0. The lowest BCUT2D eigenvalue weighted by molar-refractivity contribution is 0.357. The Labute approximate surface area is 97.0 Å². The van der Waals surface area contributed by atoms with Crippen LogP contribution >= 0.6 is 0 Å². The Hall–Kier alpha value is -1.02. The van der Waals surface area contributed by atoms with Crippen molar-refractivity contribution in [2.24, 2.45) is 5.41 Å². The van der Waals surface area contributed by atoms with E-state index in [1.165, 1.54) is 17.5 Å². The molecule has 16 heavy (non-hydrogen) atoms. The third-order valence-electron chi connectivity index (χ3n) is 3.82. The van der Waals surface area contributed by atoms with Gasteiger partial charge < -0.3 is 10.1 Å². The molecule has 0 amide bonds. The van der Waals surface area contributed by atoms with Gasteiger partial charge in [0.1, 0.15) is 5.75 Å². The van der Waals surface area contributed by atoms with Gasteiger partial charge in [-0.15, -0.1) is 0 Å². The Bertz CT molecular complexity index is 411. The van der Waals surface area contributed by atoms with E-state index in [-0.39, 0.29) is 0 Å². The van der Waals surface area contributed by atoms with Gasteiger partial charge in [0, 0.05) is 19.0 Å². The average molecular weight is 217 g/mol. The van der Waals surface area contributed by atoms with Crippen molar-refractivity contribution in [1.29, 1.82) is 0 Å². The first-order valence-electron chi connectivity index (χ1n) is 6.13. The highest BCUT2D eigenvalue weighted by molar-refractivity contribution is 5.39. The van der Waals surface area contributed by atoms with Crippen molar-refractivity contribution in [3.63, 3.8) is 0 Å². The van der Waals surface area contributed by atoms with Crippen molar-refractivity contribution in [1.82, 2.24) is 5.32 Å². The Morgan fingerprint density at radius 3 is 3.00 bits per heavy atom. The van der Waals surface area contributed by atoms with E-state index in [0.717, 1.165) is 25.3 Å². The van der Waals surface area contributed by atoms with E-state index in [1.54, 1.807) is 0 Å². The standard InChI is InChI=1S/C14H19NO/c1-14(2)8-13(14)15-9-10-3-4-12-11(7-10)5-6-16-12/h3-4,7,13,15H,5-6,8-9H2,1-2H3. The lowest BCUT2D eigenvalue weighted by atomic mass is 10.1. The topological polar surface area (TPSA) is 21.3 Å². The van der Waals surface area contributed by atoms with Gasteiger partial charge >= 0.3 is 0 Å². The number of hydrogen-bond donors (Lipinski definition) is 1. The molecule has 0 spiro atoms. The second-order valence-electron chi connectivity index (χ2n) is 5.67. The fourth-order valence-corrected chi connectivity index (χ4v) is 2.41. The molecule has 1 aliphatic heterocycles. The van der Waals surface area contributed by atoms with Crippen LogP contribution in [0, 0.1) is 5.41 Å². The normalized spacial score (nSPS) is 25.0. The Balaban J connectivity index is 1.63. The molecule has 1 heterocycles. The maximum Gasteiger partial charge on any atom is 0.122 e. The maximum absolute atomic E-state index is 5.50. The fraction of sp³-hybridized carbons (Fsp3) is 0.571. The molecular weight excluding hydrogens is 198 g/mol. The minimum Gasteiger partial charge on any atom is -0.493 e. The maximum atomic E-state index is 5.50. The molecule has 2 heteroatoms. The van der Waals surface area contributed by atoms with E-state index >= 15 is 0 Å². The highest BCUT2D eigenvalue weighted by Gasteiger charge is 2.44. The summed E-state index contributed by atoms with van der Waals surface area (Å²) in [7, 11) is 0. The molecule has 1 atom stereocenters. The molecule has 0 bridgehead atoms. The summed E-state index contributed by atoms with van der Waals surface area (Å²) in [6, 6.07) is 7.27. The van der Waals surface area contributed by atoms with Crippen LogP contribution in [0.1, 0.15) is 31.4 Å². The first-order valence-corrected chi connectivity index (χ1v) is 6.13. The van der Waals surface area contributed by atoms with Gasteiger partial charge in [0.25, 0.3) is 0 Å². The lowest BCUT2D eigenvalue weighted by Gasteiger charge is -2.07. The van der Waals surface area contributed by atoms with E-state index in [4.69, 9.17) is 4.74 Å². The molecule has 2 aliphatic rings. The van der Waals surface area contributed by atoms with Crippen LogP contribution in [-0.4, -0.2) is 12.6 Å². The SMILES string of the molecule is CC1(C)CC1NCc1ccc2c(c1)CCO2. The zero-order chi connectivity index (χ0) is 11.2. The number of benzene rings is 1. The molecule has 86 valence electrons. The Kier molecular flexibility index (Phi) is 2.21. The van der Waals surface area contributed by atoms with Crippen molar-refractivity contribution in [2.75, 3.05) is 6.61 Å². The Morgan fingerprint density at radius 1 is 1.44 bits per heavy atom. The largest absolute Gasteiger partial charge is 0.493 e. The van der Waals surface area contributed by atoms with Crippen molar-refractivity contribution < 1.29 is 4.74 Å². The van der Waals surface area contributed by atoms with Crippen LogP contribution in [0.2, 0.25) is 0 Å². The molecule has 0 aromatic heterocycles. The van der Waals surface area contributed by atoms with Crippen LogP contribution in [0.15, 0.2) is 18.2 Å². The van der Waals surface area contributed by atoms with Crippen molar-refractivity contribution >= 4 is 0 Å². The molecule has 1 unspecified atom stereocenters. The minimum atomic E-state index is 0.514. The molecule has 1 aromatic carbocycles. The predicted octanol–water partition coefficient (Wildman–Crippen LogP) is 2.51. The van der Waals surface area contributed by atoms with Crippen LogP contribution in [-0.2, 0) is 13.0 Å². The minimum absolute atomic E-state index is 0.514. The summed E-state index contributed by atoms with van der Waals surface area (Å²) in [4.78, 5) is 0. The highest BCUT2D eigenvalue weighted by atomic mass is 16.5. The second kappa shape index (κ2) is 3.49. The summed E-state index contributed by atoms with van der Waals surface area (Å²) < 4.78 is 5.50. The molecule has 1 saturated carbocycles. The van der Waals surface area contributed by atoms with Crippen LogP contribution in [0.5, 0.6) is 5.75 Å². The van der Waals surface area contributed by atoms with Crippen LogP contribution in [0.4, 0.5) is 0 Å². The summed E-state index contributed by atoms with van der Waals surface area (Å²) in [5.74, 6) is 1.08. The summed E-state index contributed by atoms with van der Waals surface area (Å²) in [6.07, 6.45) is 2.37. The molecule has 0 radical (unpaired) electrons. The van der Waals surface area contributed by atoms with E-state index in [0.29, 0.717) is 11.5 Å². The van der Waals surface area contributed by atoms with E-state index in [2.05, 4.69) is 37.4 Å². The summed E-state index contributed by atoms with van der Waals surface area (Å²) >= 11 is 0. The number of nitrogens with one attached hydrogen (secondary N) is 1. The molecule has 0 saturated heterocycles. The number of ether oxygens (including phenoxy) is 1. The number of hydrogen-bond acceptors (Lipinski definition) is 2. The monoisotopic (exact) mass is 217 g/mol. The first kappa shape index (κ1) is 10.2. The van der Waals surface area contributed by atoms with Gasteiger partial charge in [-0.25, -0.2) is 0 Å².